The summed E-state index contributed by atoms with van der Waals surface area (Å²) < 4.78 is 13.2. The topological polar surface area (TPSA) is 129 Å². The Kier molecular flexibility index (Phi) is 9.82. The lowest BCUT2D eigenvalue weighted by Gasteiger charge is -2.29. The average Bonchev–Trinajstić information content (AvgIpc) is 3.65. The van der Waals surface area contributed by atoms with E-state index in [1.807, 2.05) is 48.0 Å². The van der Waals surface area contributed by atoms with Crippen LogP contribution in [0.15, 0.2) is 61.1 Å². The number of fused-ring (bicyclic) bond motifs is 1. The molecule has 0 spiro atoms. The van der Waals surface area contributed by atoms with Crippen LogP contribution >= 0.6 is 23.2 Å². The monoisotopic (exact) mass is 714 g/mol. The van der Waals surface area contributed by atoms with Gasteiger partial charge in [0.15, 0.2) is 6.29 Å². The Morgan fingerprint density at radius 2 is 1.86 bits per heavy atom. The molecule has 1 aliphatic heterocycles. The Balaban J connectivity index is 1.32. The number of hydrogen-bond donors (Lipinski definition) is 1. The molecule has 50 heavy (non-hydrogen) atoms. The maximum Gasteiger partial charge on any atom is 0.410 e. The largest absolute Gasteiger partial charge is 0.481 e. The van der Waals surface area contributed by atoms with E-state index in [1.165, 1.54) is 7.11 Å². The van der Waals surface area contributed by atoms with Crippen LogP contribution in [0.25, 0.3) is 44.7 Å². The Hall–Kier alpha value is -5.00. The normalized spacial score (nSPS) is 14.5. The highest BCUT2D eigenvalue weighted by molar-refractivity contribution is 6.39. The molecule has 0 saturated carbocycles. The molecule has 0 radical (unpaired) electrons. The molecule has 6 rings (SSSR count). The predicted molar refractivity (Wildman–Crippen MR) is 192 cm³/mol. The smallest absolute Gasteiger partial charge is 0.410 e. The maximum atomic E-state index is 13.2. The van der Waals surface area contributed by atoms with Crippen molar-refractivity contribution in [3.05, 3.63) is 82.2 Å². The molecule has 11 nitrogen and oxygen atoms in total. The first-order chi connectivity index (χ1) is 23.9. The highest BCUT2D eigenvalue weighted by atomic mass is 35.5. The summed E-state index contributed by atoms with van der Waals surface area (Å²) in [5.74, 6) is 0.282. The molecule has 1 aliphatic rings. The fraction of sp³-hybridized carbons (Fsp3) is 0.297. The van der Waals surface area contributed by atoms with E-state index in [1.54, 1.807) is 50.3 Å². The van der Waals surface area contributed by atoms with Gasteiger partial charge in [-0.15, -0.1) is 0 Å². The number of aldehydes is 1. The first-order valence-electron chi connectivity index (χ1n) is 16.0. The molecule has 1 N–H and O–H groups in total. The van der Waals surface area contributed by atoms with Crippen molar-refractivity contribution in [2.24, 2.45) is 7.05 Å². The van der Waals surface area contributed by atoms with Gasteiger partial charge in [0, 0.05) is 72.5 Å². The van der Waals surface area contributed by atoms with Crippen molar-refractivity contribution in [2.45, 2.75) is 51.8 Å². The van der Waals surface area contributed by atoms with Crippen LogP contribution in [0.5, 0.6) is 5.88 Å². The lowest BCUT2D eigenvalue weighted by Crippen LogP contribution is -2.43. The molecular weight excluding hydrogens is 679 g/mol. The number of carbonyl (C=O) groups is 3. The van der Waals surface area contributed by atoms with Gasteiger partial charge in [0.05, 0.1) is 51.7 Å². The average molecular weight is 716 g/mol. The molecule has 258 valence electrons. The number of ether oxygens (including phenoxy) is 2. The fourth-order valence-corrected chi connectivity index (χ4v) is 6.67. The Bertz CT molecular complexity index is 2130. The molecule has 4 aromatic heterocycles. The predicted octanol–water partition coefficient (Wildman–Crippen LogP) is 7.51. The van der Waals surface area contributed by atoms with Crippen molar-refractivity contribution in [1.29, 1.82) is 0 Å². The van der Waals surface area contributed by atoms with E-state index in [0.717, 1.165) is 11.8 Å². The van der Waals surface area contributed by atoms with Gasteiger partial charge in [0.2, 0.25) is 11.8 Å². The minimum Gasteiger partial charge on any atom is -0.481 e. The SMILES string of the molecule is COc1nc(-c2cccc(-c3ccnc(-c4cnc5c(C=O)cn(C)c5c4)c3Cl)c2Cl)ccc1CN(C[C@@H]1CCC(=O)N1)C(=O)OC(C)(C)C. The fourth-order valence-electron chi connectivity index (χ4n) is 6.02. The summed E-state index contributed by atoms with van der Waals surface area (Å²) in [6.45, 7) is 5.85. The summed E-state index contributed by atoms with van der Waals surface area (Å²) in [4.78, 5) is 52.0. The zero-order valence-corrected chi connectivity index (χ0v) is 29.8. The number of pyridine rings is 3. The molecule has 5 heterocycles. The Morgan fingerprint density at radius 1 is 1.10 bits per heavy atom. The van der Waals surface area contributed by atoms with Gasteiger partial charge in [0.1, 0.15) is 5.60 Å². The van der Waals surface area contributed by atoms with Gasteiger partial charge in [-0.25, -0.2) is 9.78 Å². The van der Waals surface area contributed by atoms with E-state index in [-0.39, 0.29) is 25.0 Å². The standard InChI is InChI=1S/C37H36Cl2N6O5/c1-37(2,3)50-36(48)45(19-24-10-12-30(47)42-24)18-21-9-11-28(43-35(21)49-5)27-8-6-7-25(31(27)38)26-13-14-40-34(32(26)39)22-15-29-33(41-16-22)23(20-46)17-44(29)4/h6-9,11,13-17,20,24H,10,12,18-19H2,1-5H3,(H,42,47)/t24-/m0/s1. The molecule has 1 aromatic carbocycles. The van der Waals surface area contributed by atoms with Crippen LogP contribution in [0.1, 0.15) is 49.5 Å². The van der Waals surface area contributed by atoms with Crippen LogP contribution in [0.2, 0.25) is 10.0 Å². The molecule has 0 aliphatic carbocycles. The van der Waals surface area contributed by atoms with Gasteiger partial charge >= 0.3 is 6.09 Å². The molecule has 0 bridgehead atoms. The number of halogens is 2. The second kappa shape index (κ2) is 14.1. The van der Waals surface area contributed by atoms with Crippen LogP contribution < -0.4 is 10.1 Å². The van der Waals surface area contributed by atoms with E-state index in [0.29, 0.717) is 79.1 Å². The molecule has 1 atom stereocenters. The van der Waals surface area contributed by atoms with E-state index in [9.17, 15) is 14.4 Å². The highest BCUT2D eigenvalue weighted by Crippen LogP contribution is 2.42. The van der Waals surface area contributed by atoms with Gasteiger partial charge in [-0.05, 0) is 51.5 Å². The zero-order chi connectivity index (χ0) is 35.7. The van der Waals surface area contributed by atoms with Crippen LogP contribution in [-0.4, -0.2) is 68.0 Å². The third kappa shape index (κ3) is 7.15. The minimum atomic E-state index is -0.700. The van der Waals surface area contributed by atoms with E-state index < -0.39 is 11.7 Å². The molecule has 5 aromatic rings. The van der Waals surface area contributed by atoms with Crippen LogP contribution in [0.4, 0.5) is 4.79 Å². The van der Waals surface area contributed by atoms with E-state index >= 15 is 0 Å². The quantitative estimate of drug-likeness (QED) is 0.155. The molecule has 2 amide bonds. The Labute approximate surface area is 299 Å². The maximum absolute atomic E-state index is 13.2. The molecule has 13 heteroatoms. The number of methoxy groups -OCH3 is 1. The first kappa shape index (κ1) is 34.8. The van der Waals surface area contributed by atoms with Crippen LogP contribution in [0.3, 0.4) is 0 Å². The summed E-state index contributed by atoms with van der Waals surface area (Å²) >= 11 is 14.1. The van der Waals surface area contributed by atoms with Crippen LogP contribution in [-0.2, 0) is 23.1 Å². The third-order valence-corrected chi connectivity index (χ3v) is 9.17. The number of rotatable bonds is 9. The lowest BCUT2D eigenvalue weighted by molar-refractivity contribution is -0.119. The van der Waals surface area contributed by atoms with Gasteiger partial charge in [-0.3, -0.25) is 19.6 Å². The summed E-state index contributed by atoms with van der Waals surface area (Å²) in [5, 5.41) is 3.73. The Morgan fingerprint density at radius 3 is 2.56 bits per heavy atom. The van der Waals surface area contributed by atoms with Crippen LogP contribution in [0, 0.1) is 0 Å². The number of aryl methyl sites for hydroxylation is 1. The third-order valence-electron chi connectivity index (χ3n) is 8.38. The summed E-state index contributed by atoms with van der Waals surface area (Å²) in [6.07, 6.45) is 6.37. The van der Waals surface area contributed by atoms with Gasteiger partial charge in [0.25, 0.3) is 0 Å². The molecular formula is C37H36Cl2N6O5. The van der Waals surface area contributed by atoms with Crippen molar-refractivity contribution >= 4 is 52.5 Å². The van der Waals surface area contributed by atoms with Gasteiger partial charge < -0.3 is 24.3 Å². The van der Waals surface area contributed by atoms with Crippen molar-refractivity contribution in [3.8, 4) is 39.5 Å². The van der Waals surface area contributed by atoms with Crippen molar-refractivity contribution in [1.82, 2.24) is 29.7 Å². The number of nitrogens with one attached hydrogen (secondary N) is 1. The zero-order valence-electron chi connectivity index (χ0n) is 28.3. The van der Waals surface area contributed by atoms with Crippen molar-refractivity contribution < 1.29 is 23.9 Å². The summed E-state index contributed by atoms with van der Waals surface area (Å²) in [6, 6.07) is 12.8. The van der Waals surface area contributed by atoms with Gasteiger partial charge in [-0.2, -0.15) is 0 Å². The number of nitrogens with zero attached hydrogens (tertiary/aromatic N) is 5. The van der Waals surface area contributed by atoms with E-state index in [4.69, 9.17) is 37.7 Å². The number of amides is 2. The summed E-state index contributed by atoms with van der Waals surface area (Å²) in [5.41, 5.74) is 5.58. The minimum absolute atomic E-state index is 0.0362. The molecule has 0 unspecified atom stereocenters. The number of benzene rings is 1. The number of carbonyl (C=O) groups excluding carboxylic acids is 3. The second-order valence-electron chi connectivity index (χ2n) is 13.1. The van der Waals surface area contributed by atoms with Gasteiger partial charge in [-0.1, -0.05) is 41.4 Å². The van der Waals surface area contributed by atoms with E-state index in [2.05, 4.69) is 15.3 Å². The number of aromatic nitrogens is 4. The second-order valence-corrected chi connectivity index (χ2v) is 13.9. The van der Waals surface area contributed by atoms with Crippen molar-refractivity contribution in [2.75, 3.05) is 13.7 Å². The summed E-state index contributed by atoms with van der Waals surface area (Å²) in [7, 11) is 3.36. The molecule has 1 saturated heterocycles. The first-order valence-corrected chi connectivity index (χ1v) is 16.8. The highest BCUT2D eigenvalue weighted by Gasteiger charge is 2.29. The number of hydrogen-bond acceptors (Lipinski definition) is 8. The van der Waals surface area contributed by atoms with Crippen molar-refractivity contribution in [3.63, 3.8) is 0 Å². The lowest BCUT2D eigenvalue weighted by atomic mass is 9.99. The molecule has 1 fully saturated rings.